The van der Waals surface area contributed by atoms with Crippen LogP contribution < -0.4 is 5.32 Å². The lowest BCUT2D eigenvalue weighted by Gasteiger charge is -2.21. The maximum Gasteiger partial charge on any atom is 0.143 e. The molecule has 0 radical (unpaired) electrons. The van der Waals surface area contributed by atoms with Gasteiger partial charge in [0.25, 0.3) is 0 Å². The number of piperidine rings is 1. The Hall–Kier alpha value is -1.16. The summed E-state index contributed by atoms with van der Waals surface area (Å²) in [4.78, 5) is 11.7. The first kappa shape index (κ1) is 9.40. The normalized spacial score (nSPS) is 22.7. The fourth-order valence-corrected chi connectivity index (χ4v) is 2.00. The smallest absolute Gasteiger partial charge is 0.143 e. The predicted octanol–water partition coefficient (Wildman–Crippen LogP) is 0.937. The lowest BCUT2D eigenvalue weighted by molar-refractivity contribution is -0.121. The van der Waals surface area contributed by atoms with Gasteiger partial charge in [-0.05, 0) is 13.8 Å². The van der Waals surface area contributed by atoms with Gasteiger partial charge in [0.05, 0.1) is 11.6 Å². The van der Waals surface area contributed by atoms with Crippen LogP contribution in [-0.4, -0.2) is 24.0 Å². The van der Waals surface area contributed by atoms with Crippen LogP contribution in [0.1, 0.15) is 29.4 Å². The molecule has 2 rings (SSSR count). The van der Waals surface area contributed by atoms with Gasteiger partial charge >= 0.3 is 0 Å². The molecule has 1 aliphatic heterocycles. The van der Waals surface area contributed by atoms with Gasteiger partial charge in [-0.2, -0.15) is 0 Å². The second kappa shape index (κ2) is 3.53. The number of Topliss-reactive ketones (excluding diaryl/α,β-unsaturated/α-hetero) is 1. The van der Waals surface area contributed by atoms with Crippen LogP contribution in [0.4, 0.5) is 0 Å². The zero-order chi connectivity index (χ0) is 10.1. The van der Waals surface area contributed by atoms with Crippen LogP contribution in [0.3, 0.4) is 0 Å². The number of aryl methyl sites for hydroxylation is 2. The molecule has 0 spiro atoms. The summed E-state index contributed by atoms with van der Waals surface area (Å²) in [7, 11) is 0. The summed E-state index contributed by atoms with van der Waals surface area (Å²) in [5.74, 6) is 0.998. The summed E-state index contributed by atoms with van der Waals surface area (Å²) in [6, 6.07) is 0. The van der Waals surface area contributed by atoms with Gasteiger partial charge in [-0.1, -0.05) is 5.16 Å². The Kier molecular flexibility index (Phi) is 2.37. The molecule has 1 fully saturated rings. The number of carbonyl (C=O) groups excluding carboxylic acids is 1. The van der Waals surface area contributed by atoms with E-state index in [0.29, 0.717) is 13.0 Å². The van der Waals surface area contributed by atoms with Crippen molar-refractivity contribution in [1.29, 1.82) is 0 Å². The Morgan fingerprint density at radius 1 is 1.50 bits per heavy atom. The van der Waals surface area contributed by atoms with Crippen molar-refractivity contribution < 1.29 is 9.32 Å². The summed E-state index contributed by atoms with van der Waals surface area (Å²) in [6.45, 7) is 5.24. The van der Waals surface area contributed by atoms with Crippen LogP contribution in [0.15, 0.2) is 4.52 Å². The van der Waals surface area contributed by atoms with Crippen molar-refractivity contribution in [2.24, 2.45) is 0 Å². The molecule has 1 N–H and O–H groups in total. The SMILES string of the molecule is Cc1noc(C)c1C1CNCCC1=O. The summed E-state index contributed by atoms with van der Waals surface area (Å²) in [5.41, 5.74) is 1.81. The molecule has 1 aliphatic rings. The highest BCUT2D eigenvalue weighted by atomic mass is 16.5. The first-order chi connectivity index (χ1) is 6.70. The molecule has 1 aromatic rings. The minimum Gasteiger partial charge on any atom is -0.361 e. The van der Waals surface area contributed by atoms with E-state index in [-0.39, 0.29) is 11.7 Å². The minimum absolute atomic E-state index is 0.0602. The van der Waals surface area contributed by atoms with Crippen molar-refractivity contribution in [3.63, 3.8) is 0 Å². The van der Waals surface area contributed by atoms with Crippen LogP contribution in [0, 0.1) is 13.8 Å². The molecular formula is C10H14N2O2. The maximum atomic E-state index is 11.7. The molecule has 4 nitrogen and oxygen atoms in total. The van der Waals surface area contributed by atoms with Crippen molar-refractivity contribution in [2.75, 3.05) is 13.1 Å². The van der Waals surface area contributed by atoms with Crippen LogP contribution >= 0.6 is 0 Å². The number of aromatic nitrogens is 1. The molecule has 0 aromatic carbocycles. The van der Waals surface area contributed by atoms with E-state index in [1.54, 1.807) is 0 Å². The fourth-order valence-electron chi connectivity index (χ4n) is 2.00. The molecule has 2 heterocycles. The molecule has 76 valence electrons. The van der Waals surface area contributed by atoms with E-state index in [0.717, 1.165) is 23.6 Å². The van der Waals surface area contributed by atoms with Gasteiger partial charge in [0, 0.05) is 25.1 Å². The molecule has 1 atom stereocenters. The number of hydrogen-bond acceptors (Lipinski definition) is 4. The number of ketones is 1. The molecule has 0 saturated carbocycles. The van der Waals surface area contributed by atoms with Crippen LogP contribution in [0.25, 0.3) is 0 Å². The van der Waals surface area contributed by atoms with Gasteiger partial charge < -0.3 is 9.84 Å². The Morgan fingerprint density at radius 3 is 2.86 bits per heavy atom. The molecule has 0 amide bonds. The second-order valence-corrected chi connectivity index (χ2v) is 3.71. The van der Waals surface area contributed by atoms with Gasteiger partial charge in [-0.25, -0.2) is 0 Å². The summed E-state index contributed by atoms with van der Waals surface area (Å²) in [6.07, 6.45) is 0.606. The van der Waals surface area contributed by atoms with E-state index in [1.165, 1.54) is 0 Å². The van der Waals surface area contributed by atoms with Gasteiger partial charge in [-0.3, -0.25) is 4.79 Å². The Balaban J connectivity index is 2.33. The quantitative estimate of drug-likeness (QED) is 0.722. The Labute approximate surface area is 82.7 Å². The van der Waals surface area contributed by atoms with Crippen molar-refractivity contribution in [2.45, 2.75) is 26.2 Å². The first-order valence-corrected chi connectivity index (χ1v) is 4.86. The van der Waals surface area contributed by atoms with Crippen molar-refractivity contribution >= 4 is 5.78 Å². The number of rotatable bonds is 1. The Morgan fingerprint density at radius 2 is 2.29 bits per heavy atom. The average Bonchev–Trinajstić information content (AvgIpc) is 2.48. The van der Waals surface area contributed by atoms with E-state index in [2.05, 4.69) is 10.5 Å². The summed E-state index contributed by atoms with van der Waals surface area (Å²) >= 11 is 0. The second-order valence-electron chi connectivity index (χ2n) is 3.71. The monoisotopic (exact) mass is 194 g/mol. The van der Waals surface area contributed by atoms with Crippen molar-refractivity contribution in [3.8, 4) is 0 Å². The van der Waals surface area contributed by atoms with Crippen LogP contribution in [0.2, 0.25) is 0 Å². The van der Waals surface area contributed by atoms with Crippen molar-refractivity contribution in [1.82, 2.24) is 10.5 Å². The number of nitrogens with zero attached hydrogens (tertiary/aromatic N) is 1. The average molecular weight is 194 g/mol. The van der Waals surface area contributed by atoms with E-state index in [1.807, 2.05) is 13.8 Å². The molecule has 1 saturated heterocycles. The Bertz CT molecular complexity index is 338. The molecule has 0 bridgehead atoms. The van der Waals surface area contributed by atoms with Gasteiger partial charge in [0.1, 0.15) is 11.5 Å². The van der Waals surface area contributed by atoms with E-state index in [4.69, 9.17) is 4.52 Å². The van der Waals surface area contributed by atoms with E-state index < -0.39 is 0 Å². The number of nitrogens with one attached hydrogen (secondary N) is 1. The zero-order valence-corrected chi connectivity index (χ0v) is 8.46. The lowest BCUT2D eigenvalue weighted by atomic mass is 9.89. The fraction of sp³-hybridized carbons (Fsp3) is 0.600. The highest BCUT2D eigenvalue weighted by Gasteiger charge is 2.28. The highest BCUT2D eigenvalue weighted by Crippen LogP contribution is 2.26. The topological polar surface area (TPSA) is 55.1 Å². The van der Waals surface area contributed by atoms with Gasteiger partial charge in [0.2, 0.25) is 0 Å². The minimum atomic E-state index is -0.0602. The lowest BCUT2D eigenvalue weighted by Crippen LogP contribution is -2.35. The largest absolute Gasteiger partial charge is 0.361 e. The van der Waals surface area contributed by atoms with Crippen LogP contribution in [0.5, 0.6) is 0 Å². The standard InChI is InChI=1S/C10H14N2O2/c1-6-10(7(2)14-12-6)8-5-11-4-3-9(8)13/h8,11H,3-5H2,1-2H3. The third-order valence-electron chi connectivity index (χ3n) is 2.72. The highest BCUT2D eigenvalue weighted by molar-refractivity contribution is 5.87. The number of carbonyl (C=O) groups is 1. The first-order valence-electron chi connectivity index (χ1n) is 4.86. The van der Waals surface area contributed by atoms with E-state index >= 15 is 0 Å². The molecular weight excluding hydrogens is 180 g/mol. The third-order valence-corrected chi connectivity index (χ3v) is 2.72. The molecule has 1 unspecified atom stereocenters. The molecule has 1 aromatic heterocycles. The summed E-state index contributed by atoms with van der Waals surface area (Å²) in [5, 5.41) is 7.09. The zero-order valence-electron chi connectivity index (χ0n) is 8.46. The predicted molar refractivity (Wildman–Crippen MR) is 51.2 cm³/mol. The van der Waals surface area contributed by atoms with E-state index in [9.17, 15) is 4.79 Å². The van der Waals surface area contributed by atoms with Crippen molar-refractivity contribution in [3.05, 3.63) is 17.0 Å². The van der Waals surface area contributed by atoms with Gasteiger partial charge in [0.15, 0.2) is 0 Å². The summed E-state index contributed by atoms with van der Waals surface area (Å²) < 4.78 is 5.07. The van der Waals surface area contributed by atoms with Crippen LogP contribution in [-0.2, 0) is 4.79 Å². The molecule has 4 heteroatoms. The van der Waals surface area contributed by atoms with Gasteiger partial charge in [-0.15, -0.1) is 0 Å². The number of hydrogen-bond donors (Lipinski definition) is 1. The maximum absolute atomic E-state index is 11.7. The molecule has 14 heavy (non-hydrogen) atoms. The third kappa shape index (κ3) is 1.46. The molecule has 0 aliphatic carbocycles.